The molecule has 0 radical (unpaired) electrons. The first-order chi connectivity index (χ1) is 17.8. The Bertz CT molecular complexity index is 1670. The van der Waals surface area contributed by atoms with Crippen molar-refractivity contribution in [1.29, 1.82) is 5.26 Å². The third-order valence-electron chi connectivity index (χ3n) is 5.69. The van der Waals surface area contributed by atoms with E-state index >= 15 is 0 Å². The van der Waals surface area contributed by atoms with Crippen molar-refractivity contribution in [3.63, 3.8) is 0 Å². The minimum Gasteiger partial charge on any atom is -0.353 e. The highest BCUT2D eigenvalue weighted by Gasteiger charge is 2.36. The maximum atomic E-state index is 15.0. The van der Waals surface area contributed by atoms with Crippen molar-refractivity contribution in [1.82, 2.24) is 15.0 Å². The van der Waals surface area contributed by atoms with Gasteiger partial charge in [0.15, 0.2) is 5.82 Å². The van der Waals surface area contributed by atoms with Crippen LogP contribution in [0.4, 0.5) is 23.2 Å². The molecular weight excluding hydrogens is 486 g/mol. The fourth-order valence-electron chi connectivity index (χ4n) is 4.00. The summed E-state index contributed by atoms with van der Waals surface area (Å²) in [5, 5.41) is 12.5. The number of nitriles is 1. The van der Waals surface area contributed by atoms with Gasteiger partial charge in [0.05, 0.1) is 34.1 Å². The molecule has 0 bridgehead atoms. The van der Waals surface area contributed by atoms with Gasteiger partial charge in [0, 0.05) is 34.4 Å². The van der Waals surface area contributed by atoms with E-state index in [1.54, 1.807) is 42.5 Å². The smallest absolute Gasteiger partial charge is 0.353 e. The second-order valence-electron chi connectivity index (χ2n) is 8.02. The molecule has 3 aromatic carbocycles. The number of amides is 1. The molecule has 37 heavy (non-hydrogen) atoms. The van der Waals surface area contributed by atoms with Crippen molar-refractivity contribution in [2.24, 2.45) is 0 Å². The normalized spacial score (nSPS) is 11.3. The summed E-state index contributed by atoms with van der Waals surface area (Å²) in [4.78, 5) is 24.2. The first-order valence-electron chi connectivity index (χ1n) is 10.9. The lowest BCUT2D eigenvalue weighted by Gasteiger charge is -2.15. The van der Waals surface area contributed by atoms with E-state index in [1.165, 1.54) is 18.5 Å². The Morgan fingerprint density at radius 2 is 1.70 bits per heavy atom. The lowest BCUT2D eigenvalue weighted by Crippen LogP contribution is -2.17. The number of benzene rings is 3. The molecule has 0 fully saturated rings. The number of nitrogens with one attached hydrogen (secondary N) is 2. The quantitative estimate of drug-likeness (QED) is 0.272. The van der Waals surface area contributed by atoms with Crippen molar-refractivity contribution in [3.05, 3.63) is 102 Å². The number of halogens is 4. The predicted octanol–water partition coefficient (Wildman–Crippen LogP) is 6.57. The molecule has 0 unspecified atom stereocenters. The lowest BCUT2D eigenvalue weighted by molar-refractivity contribution is -0.137. The van der Waals surface area contributed by atoms with Gasteiger partial charge in [0.2, 0.25) is 0 Å². The number of H-pyrrole nitrogens is 1. The number of nitrogens with zero attached hydrogens (tertiary/aromatic N) is 3. The molecule has 0 saturated heterocycles. The number of aromatic amines is 1. The largest absolute Gasteiger partial charge is 0.417 e. The van der Waals surface area contributed by atoms with Gasteiger partial charge in [0.25, 0.3) is 5.91 Å². The maximum Gasteiger partial charge on any atom is 0.417 e. The van der Waals surface area contributed by atoms with Gasteiger partial charge in [-0.05, 0) is 36.4 Å². The first kappa shape index (κ1) is 23.7. The van der Waals surface area contributed by atoms with Crippen LogP contribution in [0.5, 0.6) is 0 Å². The summed E-state index contributed by atoms with van der Waals surface area (Å²) in [6.07, 6.45) is -2.41. The number of carbonyl (C=O) groups excluding carboxylic acids is 1. The fourth-order valence-corrected chi connectivity index (χ4v) is 4.00. The van der Waals surface area contributed by atoms with E-state index in [1.807, 2.05) is 12.1 Å². The molecule has 0 aliphatic carbocycles. The zero-order valence-corrected chi connectivity index (χ0v) is 18.8. The lowest BCUT2D eigenvalue weighted by atomic mass is 10.0. The third-order valence-corrected chi connectivity index (χ3v) is 5.69. The minimum absolute atomic E-state index is 0.250. The molecule has 5 rings (SSSR count). The van der Waals surface area contributed by atoms with Gasteiger partial charge in [-0.2, -0.15) is 18.4 Å². The van der Waals surface area contributed by atoms with Crippen LogP contribution in [0.3, 0.4) is 0 Å². The van der Waals surface area contributed by atoms with Crippen LogP contribution in [-0.2, 0) is 6.18 Å². The number of carbonyl (C=O) groups is 1. The summed E-state index contributed by atoms with van der Waals surface area (Å²) in [6, 6.07) is 18.3. The van der Waals surface area contributed by atoms with Crippen LogP contribution in [-0.4, -0.2) is 20.9 Å². The summed E-state index contributed by atoms with van der Waals surface area (Å²) < 4.78 is 56.0. The first-order valence-corrected chi connectivity index (χ1v) is 10.9. The second-order valence-corrected chi connectivity index (χ2v) is 8.02. The van der Waals surface area contributed by atoms with E-state index in [4.69, 9.17) is 0 Å². The summed E-state index contributed by atoms with van der Waals surface area (Å²) in [5.41, 5.74) is -0.112. The molecule has 0 aliphatic rings. The van der Waals surface area contributed by atoms with Crippen molar-refractivity contribution >= 4 is 22.5 Å². The van der Waals surface area contributed by atoms with Gasteiger partial charge in [-0.1, -0.05) is 30.3 Å². The monoisotopic (exact) mass is 501 g/mol. The van der Waals surface area contributed by atoms with Crippen molar-refractivity contribution in [2.75, 3.05) is 5.32 Å². The Morgan fingerprint density at radius 3 is 2.38 bits per heavy atom. The average molecular weight is 501 g/mol. The van der Waals surface area contributed by atoms with Crippen LogP contribution in [0.1, 0.15) is 21.5 Å². The average Bonchev–Trinajstić information content (AvgIpc) is 3.26. The number of hydrogen-bond donors (Lipinski definition) is 2. The summed E-state index contributed by atoms with van der Waals surface area (Å²) in [7, 11) is 0. The van der Waals surface area contributed by atoms with Crippen LogP contribution in [0.2, 0.25) is 0 Å². The van der Waals surface area contributed by atoms with E-state index in [2.05, 4.69) is 20.3 Å². The van der Waals surface area contributed by atoms with Crippen LogP contribution < -0.4 is 5.32 Å². The molecule has 0 atom stereocenters. The SMILES string of the molecule is N#Cc1ccc2[nH]c(-c3ccccc3)c(NC(=O)c3cc(-c4ncccn4)c(C(F)(F)F)cc3F)c2c1. The summed E-state index contributed by atoms with van der Waals surface area (Å²) in [5.74, 6) is -2.65. The number of aromatic nitrogens is 3. The molecule has 6 nitrogen and oxygen atoms in total. The highest BCUT2D eigenvalue weighted by Crippen LogP contribution is 2.39. The standard InChI is InChI=1S/C27H15F4N5O/c28-21-13-20(27(29,30)31)17(25-33-9-4-10-34-25)12-18(21)26(37)36-24-19-11-15(14-32)7-8-22(19)35-23(24)16-5-2-1-3-6-16/h1-13,35H,(H,36,37). The van der Waals surface area contributed by atoms with E-state index in [0.717, 1.165) is 6.07 Å². The highest BCUT2D eigenvalue weighted by atomic mass is 19.4. The van der Waals surface area contributed by atoms with Crippen LogP contribution in [0, 0.1) is 17.1 Å². The molecule has 2 N–H and O–H groups in total. The second kappa shape index (κ2) is 9.20. The molecule has 5 aromatic rings. The van der Waals surface area contributed by atoms with Crippen LogP contribution in [0.15, 0.2) is 79.1 Å². The number of rotatable bonds is 4. The Morgan fingerprint density at radius 1 is 0.973 bits per heavy atom. The van der Waals surface area contributed by atoms with Crippen LogP contribution >= 0.6 is 0 Å². The van der Waals surface area contributed by atoms with E-state index < -0.39 is 34.6 Å². The molecule has 0 saturated carbocycles. The Kier molecular flexibility index (Phi) is 5.89. The summed E-state index contributed by atoms with van der Waals surface area (Å²) in [6.45, 7) is 0. The topological polar surface area (TPSA) is 94.5 Å². The maximum absolute atomic E-state index is 15.0. The van der Waals surface area contributed by atoms with Gasteiger partial charge in [-0.15, -0.1) is 0 Å². The van der Waals surface area contributed by atoms with Gasteiger partial charge < -0.3 is 10.3 Å². The fraction of sp³-hybridized carbons (Fsp3) is 0.0370. The van der Waals surface area contributed by atoms with Crippen LogP contribution in [0.25, 0.3) is 33.5 Å². The molecule has 182 valence electrons. The van der Waals surface area contributed by atoms with Gasteiger partial charge in [-0.3, -0.25) is 4.79 Å². The Labute approximate surface area is 207 Å². The highest BCUT2D eigenvalue weighted by molar-refractivity contribution is 6.13. The van der Waals surface area contributed by atoms with E-state index in [9.17, 15) is 27.6 Å². The van der Waals surface area contributed by atoms with Crippen molar-refractivity contribution in [3.8, 4) is 28.7 Å². The predicted molar refractivity (Wildman–Crippen MR) is 129 cm³/mol. The van der Waals surface area contributed by atoms with Gasteiger partial charge in [-0.25, -0.2) is 14.4 Å². The molecule has 1 amide bonds. The minimum atomic E-state index is -4.91. The number of fused-ring (bicyclic) bond motifs is 1. The summed E-state index contributed by atoms with van der Waals surface area (Å²) >= 11 is 0. The number of alkyl halides is 3. The Balaban J connectivity index is 1.65. The zero-order valence-electron chi connectivity index (χ0n) is 18.8. The zero-order chi connectivity index (χ0) is 26.2. The molecular formula is C27H15F4N5O. The molecule has 0 aliphatic heterocycles. The molecule has 0 spiro atoms. The van der Waals surface area contributed by atoms with Crippen molar-refractivity contribution < 1.29 is 22.4 Å². The number of hydrogen-bond acceptors (Lipinski definition) is 4. The van der Waals surface area contributed by atoms with E-state index in [-0.39, 0.29) is 17.6 Å². The number of anilines is 1. The van der Waals surface area contributed by atoms with E-state index in [0.29, 0.717) is 27.7 Å². The molecule has 2 aromatic heterocycles. The Hall–Kier alpha value is -5.04. The molecule has 10 heteroatoms. The molecule has 2 heterocycles. The van der Waals surface area contributed by atoms with Gasteiger partial charge >= 0.3 is 6.18 Å². The van der Waals surface area contributed by atoms with Gasteiger partial charge in [0.1, 0.15) is 5.82 Å². The third kappa shape index (κ3) is 4.50. The van der Waals surface area contributed by atoms with Crippen molar-refractivity contribution in [2.45, 2.75) is 6.18 Å².